The van der Waals surface area contributed by atoms with Crippen LogP contribution < -0.4 is 10.5 Å². The van der Waals surface area contributed by atoms with Gasteiger partial charge in [-0.05, 0) is 24.8 Å². The Bertz CT molecular complexity index is 391. The van der Waals surface area contributed by atoms with Crippen molar-refractivity contribution in [2.45, 2.75) is 26.7 Å². The van der Waals surface area contributed by atoms with Crippen molar-refractivity contribution >= 4 is 11.4 Å². The summed E-state index contributed by atoms with van der Waals surface area (Å²) in [5, 5.41) is 10.5. The summed E-state index contributed by atoms with van der Waals surface area (Å²) in [4.78, 5) is 10.0. The van der Waals surface area contributed by atoms with Crippen LogP contribution in [0.2, 0.25) is 0 Å². The van der Waals surface area contributed by atoms with Gasteiger partial charge >= 0.3 is 0 Å². The number of nitrogen functional groups attached to an aromatic ring is 1. The second-order valence-electron chi connectivity index (χ2n) is 4.36. The summed E-state index contributed by atoms with van der Waals surface area (Å²) in [6.45, 7) is 4.89. The molecule has 0 saturated heterocycles. The van der Waals surface area contributed by atoms with Crippen molar-refractivity contribution in [1.29, 1.82) is 0 Å². The van der Waals surface area contributed by atoms with Crippen LogP contribution in [0.15, 0.2) is 18.2 Å². The first kappa shape index (κ1) is 13.3. The average Bonchev–Trinajstić information content (AvgIpc) is 2.25. The van der Waals surface area contributed by atoms with Gasteiger partial charge in [0.15, 0.2) is 0 Å². The van der Waals surface area contributed by atoms with Crippen molar-refractivity contribution in [2.75, 3.05) is 12.3 Å². The molecule has 0 heterocycles. The molecule has 5 heteroatoms. The number of benzene rings is 1. The molecule has 0 amide bonds. The molecule has 17 heavy (non-hydrogen) atoms. The Morgan fingerprint density at radius 1 is 1.47 bits per heavy atom. The Morgan fingerprint density at radius 2 is 2.18 bits per heavy atom. The molecule has 0 saturated carbocycles. The fourth-order valence-electron chi connectivity index (χ4n) is 1.45. The molecule has 0 aliphatic heterocycles. The van der Waals surface area contributed by atoms with E-state index in [9.17, 15) is 10.1 Å². The summed E-state index contributed by atoms with van der Waals surface area (Å²) < 4.78 is 5.47. The van der Waals surface area contributed by atoms with E-state index in [2.05, 4.69) is 13.8 Å². The maximum absolute atomic E-state index is 10.5. The number of anilines is 1. The van der Waals surface area contributed by atoms with Crippen LogP contribution in [0.3, 0.4) is 0 Å². The van der Waals surface area contributed by atoms with Gasteiger partial charge in [-0.25, -0.2) is 0 Å². The minimum Gasteiger partial charge on any atom is -0.491 e. The normalized spacial score (nSPS) is 10.5. The first-order valence-corrected chi connectivity index (χ1v) is 5.67. The van der Waals surface area contributed by atoms with E-state index in [-0.39, 0.29) is 5.69 Å². The fourth-order valence-corrected chi connectivity index (χ4v) is 1.45. The van der Waals surface area contributed by atoms with Gasteiger partial charge in [0.2, 0.25) is 0 Å². The van der Waals surface area contributed by atoms with E-state index in [1.165, 1.54) is 12.1 Å². The number of non-ortho nitro benzene ring substituents is 1. The molecule has 0 fully saturated rings. The van der Waals surface area contributed by atoms with Gasteiger partial charge in [-0.2, -0.15) is 0 Å². The third-order valence-electron chi connectivity index (χ3n) is 2.39. The zero-order valence-corrected chi connectivity index (χ0v) is 10.2. The van der Waals surface area contributed by atoms with Crippen LogP contribution in [0.5, 0.6) is 5.75 Å². The molecule has 0 aromatic heterocycles. The molecule has 0 aliphatic carbocycles. The topological polar surface area (TPSA) is 78.4 Å². The second-order valence-corrected chi connectivity index (χ2v) is 4.36. The van der Waals surface area contributed by atoms with Crippen molar-refractivity contribution in [3.8, 4) is 5.75 Å². The highest BCUT2D eigenvalue weighted by Gasteiger charge is 2.09. The highest BCUT2D eigenvalue weighted by atomic mass is 16.6. The quantitative estimate of drug-likeness (QED) is 0.357. The molecule has 0 spiro atoms. The second kappa shape index (κ2) is 6.08. The maximum atomic E-state index is 10.5. The third-order valence-corrected chi connectivity index (χ3v) is 2.39. The highest BCUT2D eigenvalue weighted by Crippen LogP contribution is 2.26. The van der Waals surface area contributed by atoms with Gasteiger partial charge < -0.3 is 10.5 Å². The smallest absolute Gasteiger partial charge is 0.271 e. The van der Waals surface area contributed by atoms with Crippen LogP contribution in [0, 0.1) is 16.0 Å². The van der Waals surface area contributed by atoms with Crippen molar-refractivity contribution in [1.82, 2.24) is 0 Å². The molecule has 0 radical (unpaired) electrons. The molecule has 0 atom stereocenters. The summed E-state index contributed by atoms with van der Waals surface area (Å²) >= 11 is 0. The van der Waals surface area contributed by atoms with Crippen molar-refractivity contribution < 1.29 is 9.66 Å². The fraction of sp³-hybridized carbons (Fsp3) is 0.500. The Balaban J connectivity index is 2.52. The van der Waals surface area contributed by atoms with Gasteiger partial charge in [0.05, 0.1) is 17.2 Å². The van der Waals surface area contributed by atoms with E-state index < -0.39 is 4.92 Å². The SMILES string of the molecule is CC(C)CCCOc1ccc([N+](=O)[O-])cc1N. The lowest BCUT2D eigenvalue weighted by atomic mass is 10.1. The zero-order valence-electron chi connectivity index (χ0n) is 10.2. The van der Waals surface area contributed by atoms with E-state index in [4.69, 9.17) is 10.5 Å². The number of nitro benzene ring substituents is 1. The van der Waals surface area contributed by atoms with E-state index in [0.717, 1.165) is 12.8 Å². The Hall–Kier alpha value is -1.78. The first-order chi connectivity index (χ1) is 8.00. The molecule has 0 bridgehead atoms. The molecular formula is C12H18N2O3. The van der Waals surface area contributed by atoms with Gasteiger partial charge in [-0.3, -0.25) is 10.1 Å². The molecule has 1 aromatic rings. The molecule has 5 nitrogen and oxygen atoms in total. The van der Waals surface area contributed by atoms with Crippen LogP contribution in [-0.4, -0.2) is 11.5 Å². The van der Waals surface area contributed by atoms with Crippen LogP contribution in [0.1, 0.15) is 26.7 Å². The van der Waals surface area contributed by atoms with Gasteiger partial charge in [0.1, 0.15) is 5.75 Å². The number of ether oxygens (including phenoxy) is 1. The van der Waals surface area contributed by atoms with Gasteiger partial charge in [-0.1, -0.05) is 13.8 Å². The Kier molecular flexibility index (Phi) is 4.75. The summed E-state index contributed by atoms with van der Waals surface area (Å²) in [6.07, 6.45) is 2.04. The summed E-state index contributed by atoms with van der Waals surface area (Å²) in [5.74, 6) is 1.16. The molecular weight excluding hydrogens is 220 g/mol. The number of hydrogen-bond acceptors (Lipinski definition) is 4. The highest BCUT2D eigenvalue weighted by molar-refractivity contribution is 5.58. The number of nitro groups is 1. The molecule has 1 aromatic carbocycles. The molecule has 0 unspecified atom stereocenters. The summed E-state index contributed by atoms with van der Waals surface area (Å²) in [7, 11) is 0. The zero-order chi connectivity index (χ0) is 12.8. The Labute approximate surface area is 101 Å². The lowest BCUT2D eigenvalue weighted by molar-refractivity contribution is -0.384. The van der Waals surface area contributed by atoms with Crippen LogP contribution in [-0.2, 0) is 0 Å². The minimum atomic E-state index is -0.473. The molecule has 0 aliphatic rings. The summed E-state index contributed by atoms with van der Waals surface area (Å²) in [6, 6.07) is 4.26. The minimum absolute atomic E-state index is 0.0166. The van der Waals surface area contributed by atoms with E-state index in [1.54, 1.807) is 6.07 Å². The standard InChI is InChI=1S/C12H18N2O3/c1-9(2)4-3-7-17-12-6-5-10(14(15)16)8-11(12)13/h5-6,8-9H,3-4,7,13H2,1-2H3. The van der Waals surface area contributed by atoms with E-state index in [0.29, 0.717) is 24.0 Å². The average molecular weight is 238 g/mol. The lowest BCUT2D eigenvalue weighted by Gasteiger charge is -2.09. The monoisotopic (exact) mass is 238 g/mol. The lowest BCUT2D eigenvalue weighted by Crippen LogP contribution is -2.02. The van der Waals surface area contributed by atoms with Crippen LogP contribution in [0.25, 0.3) is 0 Å². The molecule has 2 N–H and O–H groups in total. The largest absolute Gasteiger partial charge is 0.491 e. The summed E-state index contributed by atoms with van der Waals surface area (Å²) in [5.41, 5.74) is 5.96. The number of nitrogens with two attached hydrogens (primary N) is 1. The Morgan fingerprint density at radius 3 is 2.71 bits per heavy atom. The van der Waals surface area contributed by atoms with E-state index >= 15 is 0 Å². The molecule has 94 valence electrons. The van der Waals surface area contributed by atoms with Crippen LogP contribution >= 0.6 is 0 Å². The number of hydrogen-bond donors (Lipinski definition) is 1. The first-order valence-electron chi connectivity index (χ1n) is 5.67. The van der Waals surface area contributed by atoms with Crippen molar-refractivity contribution in [3.05, 3.63) is 28.3 Å². The maximum Gasteiger partial charge on any atom is 0.271 e. The van der Waals surface area contributed by atoms with Crippen molar-refractivity contribution in [2.24, 2.45) is 5.92 Å². The van der Waals surface area contributed by atoms with Gasteiger partial charge in [0, 0.05) is 12.1 Å². The number of nitrogens with zero attached hydrogens (tertiary/aromatic N) is 1. The third kappa shape index (κ3) is 4.30. The van der Waals surface area contributed by atoms with Gasteiger partial charge in [0.25, 0.3) is 5.69 Å². The molecule has 1 rings (SSSR count). The van der Waals surface area contributed by atoms with Crippen LogP contribution in [0.4, 0.5) is 11.4 Å². The number of rotatable bonds is 6. The van der Waals surface area contributed by atoms with Crippen molar-refractivity contribution in [3.63, 3.8) is 0 Å². The predicted octanol–water partition coefficient (Wildman–Crippen LogP) is 2.99. The predicted molar refractivity (Wildman–Crippen MR) is 67.1 cm³/mol. The van der Waals surface area contributed by atoms with Gasteiger partial charge in [-0.15, -0.1) is 0 Å². The van der Waals surface area contributed by atoms with E-state index in [1.807, 2.05) is 0 Å².